The van der Waals surface area contributed by atoms with Crippen molar-refractivity contribution in [1.82, 2.24) is 15.6 Å². The number of benzene rings is 1. The van der Waals surface area contributed by atoms with Gasteiger partial charge in [0.1, 0.15) is 5.01 Å². The largest absolute Gasteiger partial charge is 0.434 e. The number of aliphatic imine (C=N–C) groups is 1. The molecule has 10 heteroatoms. The molecule has 144 valence electrons. The van der Waals surface area contributed by atoms with Crippen molar-refractivity contribution in [3.05, 3.63) is 45.9 Å². The molecule has 1 aromatic carbocycles. The first-order chi connectivity index (χ1) is 11.8. The highest BCUT2D eigenvalue weighted by Crippen LogP contribution is 2.29. The van der Waals surface area contributed by atoms with Crippen molar-refractivity contribution in [3.63, 3.8) is 0 Å². The van der Waals surface area contributed by atoms with Gasteiger partial charge >= 0.3 is 6.18 Å². The van der Waals surface area contributed by atoms with Crippen LogP contribution in [0, 0.1) is 0 Å². The predicted molar refractivity (Wildman–Crippen MR) is 110 cm³/mol. The third kappa shape index (κ3) is 6.63. The zero-order valence-corrected chi connectivity index (χ0v) is 17.7. The lowest BCUT2D eigenvalue weighted by molar-refractivity contribution is -0.140. The first-order valence-electron chi connectivity index (χ1n) is 7.52. The van der Waals surface area contributed by atoms with Crippen LogP contribution in [0.2, 0.25) is 0 Å². The standard InChI is InChI=1S/C16H20F3N5S.HI/c1-20-15(21-8-11-5-4-6-12(7-11)24(2)3)22-9-14-23-13(10-25-14)16(17,18)19;/h4-7,10H,8-9H2,1-3H3,(H2,20,21,22);1H. The summed E-state index contributed by atoms with van der Waals surface area (Å²) in [5.74, 6) is 0.499. The lowest BCUT2D eigenvalue weighted by Gasteiger charge is -2.15. The van der Waals surface area contributed by atoms with Crippen LogP contribution in [-0.4, -0.2) is 32.1 Å². The van der Waals surface area contributed by atoms with Gasteiger partial charge in [0.25, 0.3) is 0 Å². The van der Waals surface area contributed by atoms with E-state index in [0.717, 1.165) is 28.0 Å². The second kappa shape index (κ2) is 9.95. The fraction of sp³-hybridized carbons (Fsp3) is 0.375. The molecule has 2 rings (SSSR count). The maximum atomic E-state index is 12.5. The van der Waals surface area contributed by atoms with Crippen molar-refractivity contribution >= 4 is 47.0 Å². The highest BCUT2D eigenvalue weighted by molar-refractivity contribution is 14.0. The molecule has 0 saturated heterocycles. The van der Waals surface area contributed by atoms with Crippen LogP contribution in [0.3, 0.4) is 0 Å². The lowest BCUT2D eigenvalue weighted by atomic mass is 10.2. The number of hydrogen-bond acceptors (Lipinski definition) is 4. The summed E-state index contributed by atoms with van der Waals surface area (Å²) in [6, 6.07) is 8.02. The van der Waals surface area contributed by atoms with E-state index >= 15 is 0 Å². The summed E-state index contributed by atoms with van der Waals surface area (Å²) in [5.41, 5.74) is 1.30. The first-order valence-corrected chi connectivity index (χ1v) is 8.40. The number of hydrogen-bond donors (Lipinski definition) is 2. The molecule has 0 fully saturated rings. The van der Waals surface area contributed by atoms with Crippen molar-refractivity contribution in [2.75, 3.05) is 26.0 Å². The van der Waals surface area contributed by atoms with Gasteiger partial charge in [-0.05, 0) is 17.7 Å². The van der Waals surface area contributed by atoms with Crippen molar-refractivity contribution in [2.45, 2.75) is 19.3 Å². The highest BCUT2D eigenvalue weighted by Gasteiger charge is 2.33. The zero-order valence-electron chi connectivity index (χ0n) is 14.6. The van der Waals surface area contributed by atoms with Crippen molar-refractivity contribution < 1.29 is 13.2 Å². The molecule has 0 bridgehead atoms. The number of thiazole rings is 1. The van der Waals surface area contributed by atoms with E-state index in [1.165, 1.54) is 0 Å². The summed E-state index contributed by atoms with van der Waals surface area (Å²) < 4.78 is 37.6. The summed E-state index contributed by atoms with van der Waals surface area (Å²) >= 11 is 0.967. The van der Waals surface area contributed by atoms with Crippen LogP contribution < -0.4 is 15.5 Å². The summed E-state index contributed by atoms with van der Waals surface area (Å²) in [7, 11) is 5.54. The molecule has 0 aliphatic heterocycles. The van der Waals surface area contributed by atoms with E-state index in [-0.39, 0.29) is 30.5 Å². The number of rotatable bonds is 5. The van der Waals surface area contributed by atoms with Crippen LogP contribution >= 0.6 is 35.3 Å². The maximum absolute atomic E-state index is 12.5. The Morgan fingerprint density at radius 3 is 2.50 bits per heavy atom. The second-order valence-corrected chi connectivity index (χ2v) is 6.41. The molecule has 5 nitrogen and oxygen atoms in total. The molecule has 0 radical (unpaired) electrons. The summed E-state index contributed by atoms with van der Waals surface area (Å²) in [6.07, 6.45) is -4.41. The van der Waals surface area contributed by atoms with Gasteiger partial charge in [0.15, 0.2) is 11.7 Å². The number of aromatic nitrogens is 1. The molecular weight excluding hydrogens is 478 g/mol. The van der Waals surface area contributed by atoms with E-state index in [1.807, 2.05) is 37.2 Å². The highest BCUT2D eigenvalue weighted by atomic mass is 127. The molecule has 0 spiro atoms. The van der Waals surface area contributed by atoms with E-state index < -0.39 is 11.9 Å². The quantitative estimate of drug-likeness (QED) is 0.374. The normalized spacial score (nSPS) is 11.7. The molecule has 1 heterocycles. The van der Waals surface area contributed by atoms with Gasteiger partial charge in [-0.3, -0.25) is 4.99 Å². The van der Waals surface area contributed by atoms with Gasteiger partial charge in [-0.15, -0.1) is 35.3 Å². The van der Waals surface area contributed by atoms with Gasteiger partial charge in [-0.25, -0.2) is 4.98 Å². The summed E-state index contributed by atoms with van der Waals surface area (Å²) in [6.45, 7) is 0.727. The Labute approximate surface area is 171 Å². The van der Waals surface area contributed by atoms with Gasteiger partial charge < -0.3 is 15.5 Å². The fourth-order valence-corrected chi connectivity index (χ4v) is 2.77. The van der Waals surface area contributed by atoms with E-state index in [1.54, 1.807) is 7.05 Å². The number of alkyl halides is 3. The average Bonchev–Trinajstić information content (AvgIpc) is 3.04. The number of anilines is 1. The van der Waals surface area contributed by atoms with E-state index in [0.29, 0.717) is 17.5 Å². The van der Waals surface area contributed by atoms with Crippen molar-refractivity contribution in [1.29, 1.82) is 0 Å². The van der Waals surface area contributed by atoms with Crippen molar-refractivity contribution in [3.8, 4) is 0 Å². The fourth-order valence-electron chi connectivity index (χ4n) is 2.03. The maximum Gasteiger partial charge on any atom is 0.434 e. The van der Waals surface area contributed by atoms with Crippen LogP contribution in [0.5, 0.6) is 0 Å². The van der Waals surface area contributed by atoms with Gasteiger partial charge in [-0.2, -0.15) is 13.2 Å². The smallest absolute Gasteiger partial charge is 0.378 e. The van der Waals surface area contributed by atoms with Gasteiger partial charge in [0.05, 0.1) is 6.54 Å². The summed E-state index contributed by atoms with van der Waals surface area (Å²) in [5, 5.41) is 7.47. The second-order valence-electron chi connectivity index (χ2n) is 5.47. The third-order valence-corrected chi connectivity index (χ3v) is 4.21. The Bertz CT molecular complexity index is 731. The van der Waals surface area contributed by atoms with Gasteiger partial charge in [0.2, 0.25) is 0 Å². The predicted octanol–water partition coefficient (Wildman–Crippen LogP) is 3.71. The van der Waals surface area contributed by atoms with E-state index in [9.17, 15) is 13.2 Å². The summed E-state index contributed by atoms with van der Waals surface area (Å²) in [4.78, 5) is 9.66. The zero-order chi connectivity index (χ0) is 18.4. The molecule has 2 N–H and O–H groups in total. The number of nitrogens with one attached hydrogen (secondary N) is 2. The Hall–Kier alpha value is -1.56. The molecule has 0 atom stereocenters. The Kier molecular flexibility index (Phi) is 8.60. The van der Waals surface area contributed by atoms with Crippen LogP contribution in [0.1, 0.15) is 16.3 Å². The van der Waals surface area contributed by atoms with Gasteiger partial charge in [-0.1, -0.05) is 12.1 Å². The topological polar surface area (TPSA) is 52.6 Å². The van der Waals surface area contributed by atoms with Crippen LogP contribution in [-0.2, 0) is 19.3 Å². The number of halogens is 4. The minimum Gasteiger partial charge on any atom is -0.378 e. The minimum atomic E-state index is -4.41. The average molecular weight is 499 g/mol. The van der Waals surface area contributed by atoms with Gasteiger partial charge in [0, 0.05) is 38.8 Å². The molecule has 1 aromatic heterocycles. The molecule has 0 aliphatic rings. The van der Waals surface area contributed by atoms with Crippen LogP contribution in [0.15, 0.2) is 34.6 Å². The molecule has 0 saturated carbocycles. The van der Waals surface area contributed by atoms with Crippen molar-refractivity contribution in [2.24, 2.45) is 4.99 Å². The lowest BCUT2D eigenvalue weighted by Crippen LogP contribution is -2.36. The number of nitrogens with zero attached hydrogens (tertiary/aromatic N) is 3. The Morgan fingerprint density at radius 1 is 1.23 bits per heavy atom. The Balaban J connectivity index is 0.00000338. The molecule has 0 amide bonds. The SMILES string of the molecule is CN=C(NCc1cccc(N(C)C)c1)NCc1nc(C(F)(F)F)cs1.I. The van der Waals surface area contributed by atoms with E-state index in [4.69, 9.17) is 0 Å². The molecule has 0 aliphatic carbocycles. The molecule has 26 heavy (non-hydrogen) atoms. The first kappa shape index (κ1) is 22.5. The van der Waals surface area contributed by atoms with Crippen LogP contribution in [0.25, 0.3) is 0 Å². The third-order valence-electron chi connectivity index (χ3n) is 3.36. The van der Waals surface area contributed by atoms with E-state index in [2.05, 4.69) is 26.7 Å². The Morgan fingerprint density at radius 2 is 1.92 bits per heavy atom. The van der Waals surface area contributed by atoms with Crippen LogP contribution in [0.4, 0.5) is 18.9 Å². The monoisotopic (exact) mass is 499 g/mol. The molecule has 2 aromatic rings. The molecular formula is C16H21F3IN5S. The molecule has 0 unspecified atom stereocenters. The number of guanidine groups is 1. The minimum absolute atomic E-state index is 0.